The van der Waals surface area contributed by atoms with Crippen LogP contribution in [-0.2, 0) is 0 Å². The van der Waals surface area contributed by atoms with Gasteiger partial charge in [0, 0.05) is 31.1 Å². The fraction of sp³-hybridized carbons (Fsp3) is 0.417. The Morgan fingerprint density at radius 3 is 2.76 bits per heavy atom. The molecule has 17 heavy (non-hydrogen) atoms. The van der Waals surface area contributed by atoms with Crippen molar-refractivity contribution in [2.24, 2.45) is 0 Å². The van der Waals surface area contributed by atoms with Crippen LogP contribution in [0.15, 0.2) is 23.1 Å². The zero-order chi connectivity index (χ0) is 12.3. The minimum Gasteiger partial charge on any atom is -0.336 e. The highest BCUT2D eigenvalue weighted by molar-refractivity contribution is 7.98. The van der Waals surface area contributed by atoms with Gasteiger partial charge in [0.1, 0.15) is 0 Å². The monoisotopic (exact) mass is 270 g/mol. The number of carbonyl (C=O) groups is 1. The SMILES string of the molecule is CSc1ccc(Cl)c(C(=O)N2CCNCC2)c1. The summed E-state index contributed by atoms with van der Waals surface area (Å²) in [6.45, 7) is 3.20. The van der Waals surface area contributed by atoms with Crippen molar-refractivity contribution in [1.82, 2.24) is 10.2 Å². The van der Waals surface area contributed by atoms with E-state index in [1.807, 2.05) is 23.3 Å². The minimum atomic E-state index is 0.0346. The molecule has 1 aromatic rings. The molecule has 0 unspecified atom stereocenters. The third-order valence-corrected chi connectivity index (χ3v) is 3.86. The van der Waals surface area contributed by atoms with Gasteiger partial charge < -0.3 is 10.2 Å². The van der Waals surface area contributed by atoms with E-state index in [0.29, 0.717) is 10.6 Å². The molecule has 0 aromatic heterocycles. The molecule has 1 heterocycles. The summed E-state index contributed by atoms with van der Waals surface area (Å²) >= 11 is 7.71. The Morgan fingerprint density at radius 2 is 2.12 bits per heavy atom. The Balaban J connectivity index is 2.22. The lowest BCUT2D eigenvalue weighted by Crippen LogP contribution is -2.46. The zero-order valence-electron chi connectivity index (χ0n) is 9.70. The van der Waals surface area contributed by atoms with Crippen molar-refractivity contribution in [3.05, 3.63) is 28.8 Å². The van der Waals surface area contributed by atoms with E-state index in [9.17, 15) is 4.79 Å². The Kier molecular flexibility index (Phi) is 4.31. The predicted octanol–water partition coefficient (Wildman–Crippen LogP) is 2.11. The molecule has 1 aliphatic rings. The summed E-state index contributed by atoms with van der Waals surface area (Å²) in [5.41, 5.74) is 0.611. The quantitative estimate of drug-likeness (QED) is 0.836. The average molecular weight is 271 g/mol. The molecule has 1 aromatic carbocycles. The van der Waals surface area contributed by atoms with E-state index in [2.05, 4.69) is 5.32 Å². The molecule has 1 N–H and O–H groups in total. The molecule has 0 aliphatic carbocycles. The van der Waals surface area contributed by atoms with Crippen LogP contribution in [0.5, 0.6) is 0 Å². The number of nitrogens with zero attached hydrogens (tertiary/aromatic N) is 1. The van der Waals surface area contributed by atoms with E-state index in [1.54, 1.807) is 17.8 Å². The van der Waals surface area contributed by atoms with Crippen LogP contribution in [-0.4, -0.2) is 43.2 Å². The second-order valence-electron chi connectivity index (χ2n) is 3.89. The van der Waals surface area contributed by atoms with Crippen molar-refractivity contribution in [2.45, 2.75) is 4.90 Å². The molecular weight excluding hydrogens is 256 g/mol. The first kappa shape index (κ1) is 12.7. The van der Waals surface area contributed by atoms with Gasteiger partial charge in [-0.15, -0.1) is 11.8 Å². The summed E-state index contributed by atoms with van der Waals surface area (Å²) in [6.07, 6.45) is 1.99. The number of halogens is 1. The van der Waals surface area contributed by atoms with Crippen LogP contribution in [0.4, 0.5) is 0 Å². The smallest absolute Gasteiger partial charge is 0.255 e. The van der Waals surface area contributed by atoms with Gasteiger partial charge in [-0.05, 0) is 24.5 Å². The first-order chi connectivity index (χ1) is 8.22. The fourth-order valence-corrected chi connectivity index (χ4v) is 2.47. The summed E-state index contributed by atoms with van der Waals surface area (Å²) in [4.78, 5) is 15.2. The van der Waals surface area contributed by atoms with Crippen molar-refractivity contribution >= 4 is 29.3 Å². The number of hydrogen-bond donors (Lipinski definition) is 1. The standard InChI is InChI=1S/C12H15ClN2OS/c1-17-9-2-3-11(13)10(8-9)12(16)15-6-4-14-5-7-15/h2-3,8,14H,4-7H2,1H3. The van der Waals surface area contributed by atoms with Crippen LogP contribution < -0.4 is 5.32 Å². The zero-order valence-corrected chi connectivity index (χ0v) is 11.3. The Labute approximate surface area is 111 Å². The molecule has 0 bridgehead atoms. The maximum atomic E-state index is 12.3. The lowest BCUT2D eigenvalue weighted by Gasteiger charge is -2.27. The summed E-state index contributed by atoms with van der Waals surface area (Å²) in [6, 6.07) is 5.60. The van der Waals surface area contributed by atoms with Crippen molar-refractivity contribution in [3.63, 3.8) is 0 Å². The molecule has 5 heteroatoms. The van der Waals surface area contributed by atoms with Crippen molar-refractivity contribution < 1.29 is 4.79 Å². The van der Waals surface area contributed by atoms with E-state index < -0.39 is 0 Å². The van der Waals surface area contributed by atoms with Gasteiger partial charge in [-0.2, -0.15) is 0 Å². The van der Waals surface area contributed by atoms with Crippen LogP contribution in [0.2, 0.25) is 5.02 Å². The fourth-order valence-electron chi connectivity index (χ4n) is 1.83. The van der Waals surface area contributed by atoms with Gasteiger partial charge in [-0.25, -0.2) is 0 Å². The van der Waals surface area contributed by atoms with Crippen LogP contribution in [0.1, 0.15) is 10.4 Å². The molecule has 2 rings (SSSR count). The van der Waals surface area contributed by atoms with Crippen LogP contribution in [0, 0.1) is 0 Å². The van der Waals surface area contributed by atoms with Gasteiger partial charge in [0.25, 0.3) is 5.91 Å². The number of carbonyl (C=O) groups excluding carboxylic acids is 1. The summed E-state index contributed by atoms with van der Waals surface area (Å²) in [7, 11) is 0. The average Bonchev–Trinajstić information content (AvgIpc) is 2.39. The number of rotatable bonds is 2. The Hall–Kier alpha value is -0.710. The van der Waals surface area contributed by atoms with E-state index in [0.717, 1.165) is 31.1 Å². The third kappa shape index (κ3) is 2.94. The highest BCUT2D eigenvalue weighted by atomic mass is 35.5. The number of nitrogens with one attached hydrogen (secondary N) is 1. The first-order valence-electron chi connectivity index (χ1n) is 5.56. The van der Waals surface area contributed by atoms with Gasteiger partial charge in [0.05, 0.1) is 10.6 Å². The summed E-state index contributed by atoms with van der Waals surface area (Å²) in [5, 5.41) is 3.76. The van der Waals surface area contributed by atoms with Gasteiger partial charge in [-0.3, -0.25) is 4.79 Å². The van der Waals surface area contributed by atoms with Crippen molar-refractivity contribution in [2.75, 3.05) is 32.4 Å². The maximum Gasteiger partial charge on any atom is 0.255 e. The highest BCUT2D eigenvalue weighted by Gasteiger charge is 2.20. The first-order valence-corrected chi connectivity index (χ1v) is 7.16. The Morgan fingerprint density at radius 1 is 1.41 bits per heavy atom. The maximum absolute atomic E-state index is 12.3. The van der Waals surface area contributed by atoms with Crippen molar-refractivity contribution in [3.8, 4) is 0 Å². The molecule has 0 spiro atoms. The number of benzene rings is 1. The van der Waals surface area contributed by atoms with Gasteiger partial charge in [0.2, 0.25) is 0 Å². The van der Waals surface area contributed by atoms with Crippen LogP contribution in [0.25, 0.3) is 0 Å². The molecule has 1 aliphatic heterocycles. The molecule has 92 valence electrons. The molecule has 1 amide bonds. The van der Waals surface area contributed by atoms with Gasteiger partial charge in [0.15, 0.2) is 0 Å². The van der Waals surface area contributed by atoms with E-state index in [4.69, 9.17) is 11.6 Å². The van der Waals surface area contributed by atoms with E-state index >= 15 is 0 Å². The minimum absolute atomic E-state index is 0.0346. The topological polar surface area (TPSA) is 32.3 Å². The second-order valence-corrected chi connectivity index (χ2v) is 5.17. The predicted molar refractivity (Wildman–Crippen MR) is 72.0 cm³/mol. The van der Waals surface area contributed by atoms with E-state index in [1.165, 1.54) is 0 Å². The highest BCUT2D eigenvalue weighted by Crippen LogP contribution is 2.24. The van der Waals surface area contributed by atoms with Gasteiger partial charge in [-0.1, -0.05) is 11.6 Å². The van der Waals surface area contributed by atoms with Crippen molar-refractivity contribution in [1.29, 1.82) is 0 Å². The number of hydrogen-bond acceptors (Lipinski definition) is 3. The molecule has 3 nitrogen and oxygen atoms in total. The molecule has 0 radical (unpaired) electrons. The largest absolute Gasteiger partial charge is 0.336 e. The normalized spacial score (nSPS) is 16.0. The lowest BCUT2D eigenvalue weighted by molar-refractivity contribution is 0.0735. The molecule has 1 saturated heterocycles. The Bertz CT molecular complexity index is 419. The van der Waals surface area contributed by atoms with Crippen LogP contribution in [0.3, 0.4) is 0 Å². The molecule has 0 saturated carbocycles. The summed E-state index contributed by atoms with van der Waals surface area (Å²) in [5.74, 6) is 0.0346. The number of amides is 1. The number of thioether (sulfide) groups is 1. The van der Waals surface area contributed by atoms with Crippen LogP contribution >= 0.6 is 23.4 Å². The molecule has 1 fully saturated rings. The third-order valence-electron chi connectivity index (χ3n) is 2.81. The van der Waals surface area contributed by atoms with Gasteiger partial charge >= 0.3 is 0 Å². The second kappa shape index (κ2) is 5.76. The molecular formula is C12H15ClN2OS. The summed E-state index contributed by atoms with van der Waals surface area (Å²) < 4.78 is 0. The lowest BCUT2D eigenvalue weighted by atomic mass is 10.2. The van der Waals surface area contributed by atoms with E-state index in [-0.39, 0.29) is 5.91 Å². The number of piperazine rings is 1. The molecule has 0 atom stereocenters.